The van der Waals surface area contributed by atoms with Crippen LogP contribution in [0.2, 0.25) is 0 Å². The molecule has 0 atom stereocenters. The van der Waals surface area contributed by atoms with Gasteiger partial charge in [0.1, 0.15) is 11.2 Å². The monoisotopic (exact) mass is 404 g/mol. The summed E-state index contributed by atoms with van der Waals surface area (Å²) in [5.41, 5.74) is 0.262. The van der Waals surface area contributed by atoms with Gasteiger partial charge in [-0.1, -0.05) is 12.1 Å². The highest BCUT2D eigenvalue weighted by Gasteiger charge is 2.47. The maximum Gasteiger partial charge on any atom is 0.410 e. The van der Waals surface area contributed by atoms with E-state index in [9.17, 15) is 14.4 Å². The number of amides is 2. The Morgan fingerprint density at radius 1 is 1.14 bits per heavy atom. The van der Waals surface area contributed by atoms with Crippen LogP contribution in [0.25, 0.3) is 0 Å². The highest BCUT2D eigenvalue weighted by Crippen LogP contribution is 2.34. The van der Waals surface area contributed by atoms with Crippen molar-refractivity contribution in [3.05, 3.63) is 35.4 Å². The van der Waals surface area contributed by atoms with Gasteiger partial charge in [-0.3, -0.25) is 4.90 Å². The maximum absolute atomic E-state index is 12.4. The van der Waals surface area contributed by atoms with Gasteiger partial charge in [0.2, 0.25) is 0 Å². The summed E-state index contributed by atoms with van der Waals surface area (Å²) in [6.07, 6.45) is 0.470. The van der Waals surface area contributed by atoms with E-state index in [1.807, 2.05) is 20.8 Å². The fraction of sp³-hybridized carbons (Fsp3) is 0.571. The van der Waals surface area contributed by atoms with Gasteiger partial charge in [0.15, 0.2) is 0 Å². The Morgan fingerprint density at radius 3 is 2.31 bits per heavy atom. The van der Waals surface area contributed by atoms with Crippen molar-refractivity contribution >= 4 is 18.2 Å². The zero-order valence-corrected chi connectivity index (χ0v) is 17.4. The van der Waals surface area contributed by atoms with E-state index in [0.29, 0.717) is 44.6 Å². The first kappa shape index (κ1) is 21.0. The molecule has 8 nitrogen and oxygen atoms in total. The van der Waals surface area contributed by atoms with Crippen molar-refractivity contribution in [1.29, 1.82) is 0 Å². The minimum absolute atomic E-state index is 0.334. The molecule has 1 aromatic rings. The molecule has 0 bridgehead atoms. The van der Waals surface area contributed by atoms with Crippen LogP contribution in [0.15, 0.2) is 24.3 Å². The molecule has 0 unspecified atom stereocenters. The third-order valence-corrected chi connectivity index (χ3v) is 5.12. The summed E-state index contributed by atoms with van der Waals surface area (Å²) in [4.78, 5) is 39.5. The van der Waals surface area contributed by atoms with Gasteiger partial charge in [-0.15, -0.1) is 0 Å². The Kier molecular flexibility index (Phi) is 5.73. The van der Waals surface area contributed by atoms with Gasteiger partial charge in [0, 0.05) is 32.5 Å². The van der Waals surface area contributed by atoms with E-state index in [2.05, 4.69) is 0 Å². The number of benzene rings is 1. The second-order valence-corrected chi connectivity index (χ2v) is 8.56. The molecule has 2 heterocycles. The summed E-state index contributed by atoms with van der Waals surface area (Å²) in [5, 5.41) is 0. The number of esters is 1. The summed E-state index contributed by atoms with van der Waals surface area (Å²) in [6.45, 7) is 7.37. The first-order chi connectivity index (χ1) is 13.6. The smallest absolute Gasteiger partial charge is 0.410 e. The first-order valence-electron chi connectivity index (χ1n) is 9.74. The molecule has 0 saturated carbocycles. The number of hydrogen-bond donors (Lipinski definition) is 0. The van der Waals surface area contributed by atoms with Gasteiger partial charge in [-0.05, 0) is 38.5 Å². The van der Waals surface area contributed by atoms with Gasteiger partial charge in [0.25, 0.3) is 0 Å². The van der Waals surface area contributed by atoms with Gasteiger partial charge in [-0.2, -0.15) is 0 Å². The average Bonchev–Trinajstić information content (AvgIpc) is 2.95. The zero-order valence-electron chi connectivity index (χ0n) is 17.4. The second kappa shape index (κ2) is 7.93. The number of rotatable bonds is 3. The lowest BCUT2D eigenvalue weighted by molar-refractivity contribution is -0.0170. The fourth-order valence-corrected chi connectivity index (χ4v) is 3.58. The summed E-state index contributed by atoms with van der Waals surface area (Å²) in [5.74, 6) is -0.396. The van der Waals surface area contributed by atoms with Crippen molar-refractivity contribution in [2.24, 2.45) is 0 Å². The van der Waals surface area contributed by atoms with Crippen LogP contribution in [0.3, 0.4) is 0 Å². The average molecular weight is 404 g/mol. The van der Waals surface area contributed by atoms with Crippen molar-refractivity contribution in [2.75, 3.05) is 26.7 Å². The van der Waals surface area contributed by atoms with Gasteiger partial charge in [-0.25, -0.2) is 14.4 Å². The Bertz CT molecular complexity index is 775. The number of methoxy groups -OCH3 is 1. The van der Waals surface area contributed by atoms with Gasteiger partial charge in [0.05, 0.1) is 19.2 Å². The molecule has 1 spiro atoms. The number of ether oxygens (including phenoxy) is 3. The molecule has 0 N–H and O–H groups in total. The normalized spacial score (nSPS) is 18.6. The number of carbonyl (C=O) groups excluding carboxylic acids is 3. The minimum atomic E-state index is -0.568. The van der Waals surface area contributed by atoms with E-state index in [1.54, 1.807) is 34.1 Å². The Morgan fingerprint density at radius 2 is 1.76 bits per heavy atom. The molecule has 1 aromatic carbocycles. The van der Waals surface area contributed by atoms with Crippen molar-refractivity contribution < 1.29 is 28.6 Å². The molecule has 2 aliphatic rings. The Balaban J connectivity index is 1.56. The summed E-state index contributed by atoms with van der Waals surface area (Å²) in [6, 6.07) is 6.96. The zero-order chi connectivity index (χ0) is 21.2. The van der Waals surface area contributed by atoms with Crippen LogP contribution in [0.1, 0.15) is 49.5 Å². The number of hydrogen-bond acceptors (Lipinski definition) is 6. The molecule has 0 radical (unpaired) electrons. The number of piperidine rings is 1. The predicted octanol–water partition coefficient (Wildman–Crippen LogP) is 3.20. The summed E-state index contributed by atoms with van der Waals surface area (Å²) >= 11 is 0. The molecular weight excluding hydrogens is 376 g/mol. The molecule has 8 heteroatoms. The molecule has 0 aliphatic carbocycles. The predicted molar refractivity (Wildman–Crippen MR) is 104 cm³/mol. The van der Waals surface area contributed by atoms with E-state index in [4.69, 9.17) is 14.2 Å². The standard InChI is InChI=1S/C21H28N2O6/c1-20(2,3)28-18(25)22-11-9-21(10-12-22)14-23(19(26)29-21)13-15-5-7-16(8-6-15)17(24)27-4/h5-8H,9-14H2,1-4H3. The van der Waals surface area contributed by atoms with Crippen molar-refractivity contribution in [3.8, 4) is 0 Å². The molecule has 29 heavy (non-hydrogen) atoms. The topological polar surface area (TPSA) is 85.4 Å². The van der Waals surface area contributed by atoms with Crippen molar-refractivity contribution in [2.45, 2.75) is 51.4 Å². The molecule has 3 rings (SSSR count). The third-order valence-electron chi connectivity index (χ3n) is 5.12. The van der Waals surface area contributed by atoms with Crippen LogP contribution in [0.4, 0.5) is 9.59 Å². The molecule has 2 saturated heterocycles. The van der Waals surface area contributed by atoms with Crippen LogP contribution in [0.5, 0.6) is 0 Å². The number of carbonyl (C=O) groups is 3. The molecule has 2 fully saturated rings. The van der Waals surface area contributed by atoms with Crippen molar-refractivity contribution in [1.82, 2.24) is 9.80 Å². The lowest BCUT2D eigenvalue weighted by atomic mass is 9.91. The van der Waals surface area contributed by atoms with Crippen LogP contribution < -0.4 is 0 Å². The van der Waals surface area contributed by atoms with Gasteiger partial charge >= 0.3 is 18.2 Å². The molecule has 2 amide bonds. The third kappa shape index (κ3) is 4.99. The SMILES string of the molecule is COC(=O)c1ccc(CN2CC3(CCN(C(=O)OC(C)(C)C)CC3)OC2=O)cc1. The summed E-state index contributed by atoms with van der Waals surface area (Å²) in [7, 11) is 1.34. The molecule has 158 valence electrons. The number of likely N-dealkylation sites (tertiary alicyclic amines) is 1. The fourth-order valence-electron chi connectivity index (χ4n) is 3.58. The quantitative estimate of drug-likeness (QED) is 0.568. The van der Waals surface area contributed by atoms with Crippen molar-refractivity contribution in [3.63, 3.8) is 0 Å². The highest BCUT2D eigenvalue weighted by molar-refractivity contribution is 5.89. The lowest BCUT2D eigenvalue weighted by Gasteiger charge is -2.37. The minimum Gasteiger partial charge on any atom is -0.465 e. The van der Waals surface area contributed by atoms with Crippen LogP contribution in [-0.4, -0.2) is 65.9 Å². The largest absolute Gasteiger partial charge is 0.465 e. The number of nitrogens with zero attached hydrogens (tertiary/aromatic N) is 2. The maximum atomic E-state index is 12.4. The van der Waals surface area contributed by atoms with E-state index < -0.39 is 17.2 Å². The van der Waals surface area contributed by atoms with E-state index >= 15 is 0 Å². The Labute approximate surface area is 170 Å². The van der Waals surface area contributed by atoms with E-state index in [1.165, 1.54) is 7.11 Å². The van der Waals surface area contributed by atoms with Crippen LogP contribution in [-0.2, 0) is 20.8 Å². The van der Waals surface area contributed by atoms with E-state index in [-0.39, 0.29) is 12.2 Å². The van der Waals surface area contributed by atoms with Gasteiger partial charge < -0.3 is 19.1 Å². The summed E-state index contributed by atoms with van der Waals surface area (Å²) < 4.78 is 15.8. The van der Waals surface area contributed by atoms with Crippen LogP contribution >= 0.6 is 0 Å². The van der Waals surface area contributed by atoms with E-state index in [0.717, 1.165) is 5.56 Å². The second-order valence-electron chi connectivity index (χ2n) is 8.56. The lowest BCUT2D eigenvalue weighted by Crippen LogP contribution is -2.49. The van der Waals surface area contributed by atoms with Crippen LogP contribution in [0, 0.1) is 0 Å². The Hall–Kier alpha value is -2.77. The molecule has 0 aromatic heterocycles. The molecular formula is C21H28N2O6. The molecule has 2 aliphatic heterocycles. The first-order valence-corrected chi connectivity index (χ1v) is 9.74. The highest BCUT2D eigenvalue weighted by atomic mass is 16.6.